The molecule has 1 N–H and O–H groups in total. The molecule has 0 radical (unpaired) electrons. The largest absolute Gasteiger partial charge is 0.266 e. The van der Waals surface area contributed by atoms with E-state index in [1.165, 1.54) is 0 Å². The summed E-state index contributed by atoms with van der Waals surface area (Å²) in [5.41, 5.74) is 9.03. The van der Waals surface area contributed by atoms with Gasteiger partial charge in [0.25, 0.3) is 0 Å². The molecule has 2 rings (SSSR count). The van der Waals surface area contributed by atoms with Crippen molar-refractivity contribution in [3.8, 4) is 0 Å². The highest BCUT2D eigenvalue weighted by Gasteiger charge is 1.83. The van der Waals surface area contributed by atoms with E-state index in [-0.39, 0.29) is 0 Å². The monoisotopic (exact) mass is 202 g/mol. The maximum Gasteiger partial charge on any atom is 0.0690 e. The normalized spacial score (nSPS) is 8.27. The Morgan fingerprint density at radius 2 is 2.13 bits per heavy atom. The zero-order valence-electron chi connectivity index (χ0n) is 7.98. The van der Waals surface area contributed by atoms with E-state index in [1.807, 2.05) is 30.3 Å². The molecule has 0 amide bonds. The van der Waals surface area contributed by atoms with Gasteiger partial charge in [-0.2, -0.15) is 0 Å². The van der Waals surface area contributed by atoms with Crippen LogP contribution >= 0.6 is 0 Å². The molecule has 0 saturated carbocycles. The van der Waals surface area contributed by atoms with Crippen molar-refractivity contribution in [1.29, 1.82) is 0 Å². The summed E-state index contributed by atoms with van der Waals surface area (Å²) in [5.74, 6) is 0. The second-order valence-corrected chi connectivity index (χ2v) is 2.53. The van der Waals surface area contributed by atoms with Crippen LogP contribution in [-0.4, -0.2) is 15.4 Å². The molecular weight excluding hydrogens is 192 g/mol. The summed E-state index contributed by atoms with van der Waals surface area (Å²) in [6, 6.07) is 9.62. The topological polar surface area (TPSA) is 90.3 Å². The van der Waals surface area contributed by atoms with Gasteiger partial charge in [0.2, 0.25) is 0 Å². The van der Waals surface area contributed by atoms with Gasteiger partial charge in [-0.15, -0.1) is 5.10 Å². The lowest BCUT2D eigenvalue weighted by molar-refractivity contribution is 0.940. The van der Waals surface area contributed by atoms with Gasteiger partial charge in [-0.3, -0.25) is 5.10 Å². The minimum Gasteiger partial charge on any atom is -0.266 e. The average Bonchev–Trinajstić information content (AvgIpc) is 2.86. The standard InChI is InChI=1S/C7H7N3.C2H3N3/c8-10-9-6-7-4-2-1-3-5-7;1-2-4-5-3-1/h1-5H,6H2;1-2H,(H,3,4,5). The van der Waals surface area contributed by atoms with E-state index in [9.17, 15) is 0 Å². The zero-order chi connectivity index (χ0) is 10.8. The van der Waals surface area contributed by atoms with Gasteiger partial charge in [-0.1, -0.05) is 40.7 Å². The lowest BCUT2D eigenvalue weighted by Crippen LogP contribution is -1.75. The Labute approximate surface area is 86.6 Å². The summed E-state index contributed by atoms with van der Waals surface area (Å²) in [6.45, 7) is 0.442. The van der Waals surface area contributed by atoms with Crippen LogP contribution in [0.2, 0.25) is 0 Å². The van der Waals surface area contributed by atoms with E-state index in [0.29, 0.717) is 6.54 Å². The highest BCUT2D eigenvalue weighted by Crippen LogP contribution is 1.99. The Morgan fingerprint density at radius 3 is 2.60 bits per heavy atom. The lowest BCUT2D eigenvalue weighted by Gasteiger charge is -1.90. The van der Waals surface area contributed by atoms with Gasteiger partial charge in [-0.25, -0.2) is 0 Å². The predicted octanol–water partition coefficient (Wildman–Crippen LogP) is 2.30. The molecule has 0 fully saturated rings. The summed E-state index contributed by atoms with van der Waals surface area (Å²) in [6.07, 6.45) is 3.24. The molecule has 1 aromatic heterocycles. The van der Waals surface area contributed by atoms with Crippen LogP contribution in [0.4, 0.5) is 0 Å². The van der Waals surface area contributed by atoms with Crippen molar-refractivity contribution in [2.24, 2.45) is 5.11 Å². The van der Waals surface area contributed by atoms with E-state index >= 15 is 0 Å². The molecule has 0 aliphatic rings. The number of benzene rings is 1. The highest BCUT2D eigenvalue weighted by atomic mass is 15.3. The highest BCUT2D eigenvalue weighted by molar-refractivity contribution is 5.14. The number of azide groups is 1. The molecule has 0 bridgehead atoms. The van der Waals surface area contributed by atoms with Gasteiger partial charge in [-0.05, 0) is 11.1 Å². The number of nitrogens with zero attached hydrogens (tertiary/aromatic N) is 5. The number of hydrogen-bond acceptors (Lipinski definition) is 3. The molecule has 6 nitrogen and oxygen atoms in total. The second kappa shape index (κ2) is 7.11. The van der Waals surface area contributed by atoms with Crippen molar-refractivity contribution in [1.82, 2.24) is 15.4 Å². The third-order valence-corrected chi connectivity index (χ3v) is 1.49. The molecular formula is C9H10N6. The van der Waals surface area contributed by atoms with Crippen molar-refractivity contribution in [2.45, 2.75) is 6.54 Å². The Morgan fingerprint density at radius 1 is 1.33 bits per heavy atom. The molecule has 0 unspecified atom stereocenters. The Balaban J connectivity index is 0.000000187. The molecule has 76 valence electrons. The van der Waals surface area contributed by atoms with Crippen LogP contribution in [0, 0.1) is 0 Å². The average molecular weight is 202 g/mol. The van der Waals surface area contributed by atoms with Crippen LogP contribution in [0.15, 0.2) is 47.8 Å². The number of H-pyrrole nitrogens is 1. The van der Waals surface area contributed by atoms with E-state index < -0.39 is 0 Å². The van der Waals surface area contributed by atoms with Gasteiger partial charge >= 0.3 is 0 Å². The maximum atomic E-state index is 7.99. The molecule has 1 heterocycles. The molecule has 0 aliphatic carbocycles. The Bertz CT molecular complexity index is 373. The van der Waals surface area contributed by atoms with E-state index in [0.717, 1.165) is 5.56 Å². The first-order valence-corrected chi connectivity index (χ1v) is 4.28. The van der Waals surface area contributed by atoms with Crippen LogP contribution < -0.4 is 0 Å². The third kappa shape index (κ3) is 5.07. The lowest BCUT2D eigenvalue weighted by atomic mass is 10.2. The Kier molecular flexibility index (Phi) is 5.09. The van der Waals surface area contributed by atoms with Crippen molar-refractivity contribution < 1.29 is 0 Å². The van der Waals surface area contributed by atoms with E-state index in [4.69, 9.17) is 5.53 Å². The van der Waals surface area contributed by atoms with Crippen LogP contribution in [0.1, 0.15) is 5.56 Å². The van der Waals surface area contributed by atoms with Crippen molar-refractivity contribution in [3.05, 3.63) is 58.7 Å². The van der Waals surface area contributed by atoms with Crippen molar-refractivity contribution in [3.63, 3.8) is 0 Å². The van der Waals surface area contributed by atoms with Gasteiger partial charge in [0, 0.05) is 11.1 Å². The van der Waals surface area contributed by atoms with Gasteiger partial charge < -0.3 is 0 Å². The first-order valence-electron chi connectivity index (χ1n) is 4.28. The SMILES string of the molecule is [N-]=[N+]=NCc1ccccc1.c1c[nH]nn1. The fraction of sp³-hybridized carbons (Fsp3) is 0.111. The van der Waals surface area contributed by atoms with Gasteiger partial charge in [0.05, 0.1) is 12.7 Å². The molecule has 0 aliphatic heterocycles. The summed E-state index contributed by atoms with van der Waals surface area (Å²) in [7, 11) is 0. The van der Waals surface area contributed by atoms with Crippen molar-refractivity contribution >= 4 is 0 Å². The van der Waals surface area contributed by atoms with Crippen LogP contribution in [0.3, 0.4) is 0 Å². The van der Waals surface area contributed by atoms with Crippen LogP contribution in [-0.2, 0) is 6.54 Å². The Hall–Kier alpha value is -2.33. The number of aromatic nitrogens is 3. The van der Waals surface area contributed by atoms with Crippen LogP contribution in [0.5, 0.6) is 0 Å². The summed E-state index contributed by atoms with van der Waals surface area (Å²) < 4.78 is 0. The first-order chi connectivity index (χ1) is 7.43. The zero-order valence-corrected chi connectivity index (χ0v) is 7.98. The predicted molar refractivity (Wildman–Crippen MR) is 55.7 cm³/mol. The smallest absolute Gasteiger partial charge is 0.0690 e. The quantitative estimate of drug-likeness (QED) is 0.459. The van der Waals surface area contributed by atoms with Crippen molar-refractivity contribution in [2.75, 3.05) is 0 Å². The summed E-state index contributed by atoms with van der Waals surface area (Å²) >= 11 is 0. The maximum absolute atomic E-state index is 7.99. The number of nitrogens with one attached hydrogen (secondary N) is 1. The molecule has 0 saturated heterocycles. The molecule has 6 heteroatoms. The second-order valence-electron chi connectivity index (χ2n) is 2.53. The molecule has 1 aromatic carbocycles. The molecule has 15 heavy (non-hydrogen) atoms. The fourth-order valence-corrected chi connectivity index (χ4v) is 0.863. The fourth-order valence-electron chi connectivity index (χ4n) is 0.863. The van der Waals surface area contributed by atoms with E-state index in [2.05, 4.69) is 25.4 Å². The minimum atomic E-state index is 0.442. The first kappa shape index (κ1) is 10.7. The summed E-state index contributed by atoms with van der Waals surface area (Å²) in [5, 5.41) is 12.7. The van der Waals surface area contributed by atoms with Crippen LogP contribution in [0.25, 0.3) is 10.4 Å². The number of aromatic amines is 1. The molecule has 2 aromatic rings. The number of rotatable bonds is 2. The van der Waals surface area contributed by atoms with E-state index in [1.54, 1.807) is 12.4 Å². The molecule has 0 spiro atoms. The summed E-state index contributed by atoms with van der Waals surface area (Å²) in [4.78, 5) is 2.66. The van der Waals surface area contributed by atoms with Gasteiger partial charge in [0.1, 0.15) is 0 Å². The third-order valence-electron chi connectivity index (χ3n) is 1.49. The minimum absolute atomic E-state index is 0.442. The number of hydrogen-bond donors (Lipinski definition) is 1. The van der Waals surface area contributed by atoms with Gasteiger partial charge in [0.15, 0.2) is 0 Å². The molecule has 0 atom stereocenters.